The van der Waals surface area contributed by atoms with E-state index < -0.39 is 23.2 Å². The van der Waals surface area contributed by atoms with Gasteiger partial charge in [-0.1, -0.05) is 6.07 Å². The largest absolute Gasteiger partial charge is 0.380 e. The molecule has 0 amide bonds. The van der Waals surface area contributed by atoms with Gasteiger partial charge in [0, 0.05) is 19.2 Å². The molecule has 1 aromatic heterocycles. The zero-order valence-electron chi connectivity index (χ0n) is 13.6. The Morgan fingerprint density at radius 3 is 2.52 bits per heavy atom. The molecule has 1 aromatic carbocycles. The maximum absolute atomic E-state index is 13.9. The number of carbonyl (C=O) groups is 2. The second-order valence-corrected chi connectivity index (χ2v) is 6.77. The third kappa shape index (κ3) is 3.35. The van der Waals surface area contributed by atoms with Crippen molar-refractivity contribution >= 4 is 22.9 Å². The minimum Gasteiger partial charge on any atom is -0.380 e. The van der Waals surface area contributed by atoms with Crippen molar-refractivity contribution in [1.82, 2.24) is 15.2 Å². The highest BCUT2D eigenvalue weighted by molar-refractivity contribution is 7.17. The van der Waals surface area contributed by atoms with E-state index in [0.29, 0.717) is 13.1 Å². The van der Waals surface area contributed by atoms with Gasteiger partial charge in [-0.25, -0.2) is 13.8 Å². The van der Waals surface area contributed by atoms with Gasteiger partial charge in [0.25, 0.3) is 0 Å². The molecule has 0 saturated heterocycles. The summed E-state index contributed by atoms with van der Waals surface area (Å²) >= 11 is 0.817. The first kappa shape index (κ1) is 17.4. The number of allylic oxidation sites excluding steroid dienone is 2. The second kappa shape index (κ2) is 6.81. The fraction of sp³-hybridized carbons (Fsp3) is 0.235. The van der Waals surface area contributed by atoms with Gasteiger partial charge in [0.1, 0.15) is 27.2 Å². The summed E-state index contributed by atoms with van der Waals surface area (Å²) in [6, 6.07) is 3.45. The number of carbonyl (C=O) groups excluding carboxylic acids is 2. The first-order valence-corrected chi connectivity index (χ1v) is 8.34. The maximum Gasteiger partial charge on any atom is 0.228 e. The normalized spacial score (nSPS) is 13.9. The number of thiazole rings is 1. The van der Waals surface area contributed by atoms with E-state index in [1.807, 2.05) is 19.0 Å². The van der Waals surface area contributed by atoms with E-state index in [-0.39, 0.29) is 26.8 Å². The predicted octanol–water partition coefficient (Wildman–Crippen LogP) is 2.50. The summed E-state index contributed by atoms with van der Waals surface area (Å²) in [5.74, 6) is -2.43. The fourth-order valence-corrected chi connectivity index (χ4v) is 3.41. The Labute approximate surface area is 147 Å². The van der Waals surface area contributed by atoms with E-state index in [9.17, 15) is 18.4 Å². The minimum atomic E-state index is -0.789. The first-order valence-electron chi connectivity index (χ1n) is 7.53. The average molecular weight is 363 g/mol. The van der Waals surface area contributed by atoms with Crippen LogP contribution in [0, 0.1) is 11.6 Å². The Kier molecular flexibility index (Phi) is 4.73. The molecule has 0 aliphatic heterocycles. The molecule has 2 aromatic rings. The molecule has 1 heterocycles. The van der Waals surface area contributed by atoms with Gasteiger partial charge in [-0.15, -0.1) is 11.3 Å². The number of likely N-dealkylation sites (N-methyl/N-ethyl adjacent to an activating group) is 1. The van der Waals surface area contributed by atoms with Crippen molar-refractivity contribution in [3.63, 3.8) is 0 Å². The molecule has 5 nitrogen and oxygen atoms in total. The third-order valence-corrected chi connectivity index (χ3v) is 4.72. The monoisotopic (exact) mass is 363 g/mol. The summed E-state index contributed by atoms with van der Waals surface area (Å²) in [6.07, 6.45) is 1.21. The number of Topliss-reactive ketones (excluding diaryl/α,β-unsaturated/α-hetero) is 1. The van der Waals surface area contributed by atoms with Crippen LogP contribution in [-0.4, -0.2) is 48.6 Å². The number of ketones is 2. The molecule has 25 heavy (non-hydrogen) atoms. The van der Waals surface area contributed by atoms with E-state index in [2.05, 4.69) is 10.3 Å². The Hall–Kier alpha value is -2.45. The molecule has 0 spiro atoms. The number of halogens is 2. The van der Waals surface area contributed by atoms with Crippen LogP contribution in [0.2, 0.25) is 0 Å². The van der Waals surface area contributed by atoms with E-state index in [1.54, 1.807) is 0 Å². The van der Waals surface area contributed by atoms with Crippen molar-refractivity contribution in [3.8, 4) is 10.6 Å². The van der Waals surface area contributed by atoms with Crippen LogP contribution in [0.3, 0.4) is 0 Å². The number of hydrogen-bond donors (Lipinski definition) is 1. The summed E-state index contributed by atoms with van der Waals surface area (Å²) < 4.78 is 27.9. The number of benzene rings is 1. The predicted molar refractivity (Wildman–Crippen MR) is 90.8 cm³/mol. The van der Waals surface area contributed by atoms with E-state index in [4.69, 9.17) is 0 Å². The van der Waals surface area contributed by atoms with E-state index in [0.717, 1.165) is 23.5 Å². The molecule has 1 aliphatic rings. The van der Waals surface area contributed by atoms with Crippen LogP contribution in [0.5, 0.6) is 0 Å². The number of rotatable bonds is 5. The first-order chi connectivity index (χ1) is 11.9. The molecule has 130 valence electrons. The van der Waals surface area contributed by atoms with Crippen LogP contribution in [0.15, 0.2) is 30.0 Å². The molecule has 0 fully saturated rings. The van der Waals surface area contributed by atoms with Gasteiger partial charge < -0.3 is 10.2 Å². The molecule has 1 aliphatic carbocycles. The smallest absolute Gasteiger partial charge is 0.228 e. The van der Waals surface area contributed by atoms with Crippen LogP contribution in [0.1, 0.15) is 20.2 Å². The van der Waals surface area contributed by atoms with Gasteiger partial charge in [-0.05, 0) is 26.2 Å². The molecule has 0 radical (unpaired) electrons. The Bertz CT molecular complexity index is 870. The molecular formula is C17H15F2N3O2S. The lowest BCUT2D eigenvalue weighted by molar-refractivity contribution is 0.0977. The number of nitrogens with zero attached hydrogens (tertiary/aromatic N) is 2. The molecule has 0 saturated carbocycles. The van der Waals surface area contributed by atoms with Gasteiger partial charge in [0.05, 0.1) is 11.3 Å². The van der Waals surface area contributed by atoms with Crippen LogP contribution in [0.25, 0.3) is 10.6 Å². The summed E-state index contributed by atoms with van der Waals surface area (Å²) in [4.78, 5) is 30.8. The summed E-state index contributed by atoms with van der Waals surface area (Å²) in [5, 5.41) is 2.89. The lowest BCUT2D eigenvalue weighted by Gasteiger charge is -2.15. The van der Waals surface area contributed by atoms with Crippen molar-refractivity contribution in [2.45, 2.75) is 0 Å². The molecule has 1 N–H and O–H groups in total. The van der Waals surface area contributed by atoms with Crippen LogP contribution >= 0.6 is 11.3 Å². The molecule has 0 atom stereocenters. The van der Waals surface area contributed by atoms with Gasteiger partial charge in [0.2, 0.25) is 5.78 Å². The molecule has 8 heteroatoms. The molecule has 0 bridgehead atoms. The van der Waals surface area contributed by atoms with E-state index in [1.165, 1.54) is 12.1 Å². The van der Waals surface area contributed by atoms with Crippen LogP contribution in [-0.2, 0) is 0 Å². The number of fused-ring (bicyclic) bond motifs is 1. The second-order valence-electron chi connectivity index (χ2n) is 5.77. The summed E-state index contributed by atoms with van der Waals surface area (Å²) in [6.45, 7) is 1.15. The van der Waals surface area contributed by atoms with Gasteiger partial charge in [-0.2, -0.15) is 0 Å². The Morgan fingerprint density at radius 2 is 1.88 bits per heavy atom. The molecule has 3 rings (SSSR count). The fourth-order valence-electron chi connectivity index (χ4n) is 2.39. The highest BCUT2D eigenvalue weighted by Crippen LogP contribution is 2.34. The topological polar surface area (TPSA) is 62.3 Å². The minimum absolute atomic E-state index is 0.0229. The van der Waals surface area contributed by atoms with Crippen molar-refractivity contribution in [2.75, 3.05) is 27.2 Å². The van der Waals surface area contributed by atoms with Crippen molar-refractivity contribution < 1.29 is 18.4 Å². The quantitative estimate of drug-likeness (QED) is 0.884. The summed E-state index contributed by atoms with van der Waals surface area (Å²) in [5.41, 5.74) is -0.252. The van der Waals surface area contributed by atoms with Crippen molar-refractivity contribution in [1.29, 1.82) is 0 Å². The summed E-state index contributed by atoms with van der Waals surface area (Å²) in [7, 11) is 3.77. The third-order valence-electron chi connectivity index (χ3n) is 3.64. The van der Waals surface area contributed by atoms with Gasteiger partial charge >= 0.3 is 0 Å². The zero-order chi connectivity index (χ0) is 18.1. The molecular weight excluding hydrogens is 348 g/mol. The number of hydrogen-bond acceptors (Lipinski definition) is 6. The van der Waals surface area contributed by atoms with Crippen LogP contribution in [0.4, 0.5) is 8.78 Å². The van der Waals surface area contributed by atoms with Crippen molar-refractivity contribution in [3.05, 3.63) is 52.2 Å². The zero-order valence-corrected chi connectivity index (χ0v) is 14.4. The van der Waals surface area contributed by atoms with E-state index >= 15 is 0 Å². The van der Waals surface area contributed by atoms with Crippen LogP contribution < -0.4 is 5.32 Å². The van der Waals surface area contributed by atoms with Gasteiger partial charge in [0.15, 0.2) is 5.78 Å². The maximum atomic E-state index is 13.9. The SMILES string of the molecule is CN(C)CCNC1=CC(=O)c2sc(-c3c(F)cccc3F)nc2C1=O. The highest BCUT2D eigenvalue weighted by atomic mass is 32.1. The number of aromatic nitrogens is 1. The average Bonchev–Trinajstić information content (AvgIpc) is 2.97. The van der Waals surface area contributed by atoms with Crippen molar-refractivity contribution in [2.24, 2.45) is 0 Å². The molecule has 0 unspecified atom stereocenters. The number of nitrogens with one attached hydrogen (secondary N) is 1. The Morgan fingerprint density at radius 1 is 1.20 bits per heavy atom. The Balaban J connectivity index is 1.93. The standard InChI is InChI=1S/C17H15F2N3O2S/c1-22(2)7-6-20-11-8-12(23)16-14(15(11)24)21-17(25-16)13-9(18)4-3-5-10(13)19/h3-5,8,20H,6-7H2,1-2H3. The lowest BCUT2D eigenvalue weighted by atomic mass is 10.0. The highest BCUT2D eigenvalue weighted by Gasteiger charge is 2.31. The lowest BCUT2D eigenvalue weighted by Crippen LogP contribution is -2.31. The van der Waals surface area contributed by atoms with Gasteiger partial charge in [-0.3, -0.25) is 9.59 Å².